The van der Waals surface area contributed by atoms with Gasteiger partial charge in [-0.1, -0.05) is 6.07 Å². The third-order valence-electron chi connectivity index (χ3n) is 3.09. The molecule has 0 atom stereocenters. The van der Waals surface area contributed by atoms with Crippen molar-refractivity contribution in [3.8, 4) is 0 Å². The van der Waals surface area contributed by atoms with Gasteiger partial charge in [0.15, 0.2) is 0 Å². The van der Waals surface area contributed by atoms with E-state index < -0.39 is 0 Å². The first-order valence-corrected chi connectivity index (χ1v) is 5.66. The number of fused-ring (bicyclic) bond motifs is 1. The molecule has 1 aliphatic rings. The molecule has 3 N–H and O–H groups in total. The van der Waals surface area contributed by atoms with E-state index in [0.29, 0.717) is 6.04 Å². The Morgan fingerprint density at radius 3 is 2.88 bits per heavy atom. The lowest BCUT2D eigenvalue weighted by molar-refractivity contribution is 1.12. The van der Waals surface area contributed by atoms with E-state index in [-0.39, 0.29) is 0 Å². The molecule has 0 saturated heterocycles. The quantitative estimate of drug-likeness (QED) is 0.754. The van der Waals surface area contributed by atoms with Crippen molar-refractivity contribution in [1.29, 1.82) is 0 Å². The van der Waals surface area contributed by atoms with Gasteiger partial charge in [0.25, 0.3) is 0 Å². The van der Waals surface area contributed by atoms with Crippen molar-refractivity contribution < 1.29 is 0 Å². The van der Waals surface area contributed by atoms with Crippen LogP contribution in [0.1, 0.15) is 18.4 Å². The minimum atomic E-state index is 0.610. The Kier molecular flexibility index (Phi) is 1.99. The van der Waals surface area contributed by atoms with Gasteiger partial charge in [0.2, 0.25) is 0 Å². The molecule has 1 fully saturated rings. The van der Waals surface area contributed by atoms with Gasteiger partial charge in [0.1, 0.15) is 5.82 Å². The summed E-state index contributed by atoms with van der Waals surface area (Å²) in [5, 5.41) is 5.72. The first-order valence-electron chi connectivity index (χ1n) is 5.66. The van der Waals surface area contributed by atoms with Crippen molar-refractivity contribution in [2.75, 3.05) is 11.1 Å². The molecule has 0 radical (unpaired) electrons. The second-order valence-electron chi connectivity index (χ2n) is 4.47. The molecule has 2 aromatic rings. The van der Waals surface area contributed by atoms with Crippen LogP contribution in [0.4, 0.5) is 11.5 Å². The van der Waals surface area contributed by atoms with Gasteiger partial charge >= 0.3 is 0 Å². The van der Waals surface area contributed by atoms with Crippen LogP contribution in [0, 0.1) is 6.92 Å². The van der Waals surface area contributed by atoms with Crippen LogP contribution in [0.2, 0.25) is 0 Å². The van der Waals surface area contributed by atoms with Crippen LogP contribution < -0.4 is 11.1 Å². The van der Waals surface area contributed by atoms with Gasteiger partial charge in [-0.25, -0.2) is 4.98 Å². The van der Waals surface area contributed by atoms with Gasteiger partial charge in [0, 0.05) is 28.7 Å². The van der Waals surface area contributed by atoms with E-state index >= 15 is 0 Å². The fourth-order valence-electron chi connectivity index (χ4n) is 2.02. The summed E-state index contributed by atoms with van der Waals surface area (Å²) in [6.07, 6.45) is 4.32. The molecule has 1 aliphatic carbocycles. The largest absolute Gasteiger partial charge is 0.398 e. The molecule has 1 aromatic carbocycles. The van der Waals surface area contributed by atoms with Crippen molar-refractivity contribution in [1.82, 2.24) is 4.98 Å². The van der Waals surface area contributed by atoms with E-state index in [9.17, 15) is 0 Å². The molecule has 1 aromatic heterocycles. The monoisotopic (exact) mass is 213 g/mol. The summed E-state index contributed by atoms with van der Waals surface area (Å²) in [6, 6.07) is 6.60. The Morgan fingerprint density at radius 2 is 2.12 bits per heavy atom. The first-order chi connectivity index (χ1) is 7.75. The highest BCUT2D eigenvalue weighted by Gasteiger charge is 2.22. The summed E-state index contributed by atoms with van der Waals surface area (Å²) in [6.45, 7) is 2.10. The van der Waals surface area contributed by atoms with Crippen LogP contribution in [0.3, 0.4) is 0 Å². The zero-order valence-corrected chi connectivity index (χ0v) is 9.33. The number of aromatic nitrogens is 1. The molecular weight excluding hydrogens is 198 g/mol. The summed E-state index contributed by atoms with van der Waals surface area (Å²) in [5.74, 6) is 0.977. The maximum absolute atomic E-state index is 5.98. The highest BCUT2D eigenvalue weighted by Crippen LogP contribution is 2.32. The number of aryl methyl sites for hydroxylation is 1. The normalized spacial score (nSPS) is 15.3. The fourth-order valence-corrected chi connectivity index (χ4v) is 2.02. The van der Waals surface area contributed by atoms with Crippen molar-refractivity contribution >= 4 is 22.3 Å². The predicted molar refractivity (Wildman–Crippen MR) is 67.5 cm³/mol. The smallest absolute Gasteiger partial charge is 0.134 e. The number of benzene rings is 1. The van der Waals surface area contributed by atoms with Crippen LogP contribution in [-0.4, -0.2) is 11.0 Å². The zero-order chi connectivity index (χ0) is 11.1. The number of nitrogens with two attached hydrogens (primary N) is 1. The lowest BCUT2D eigenvalue weighted by atomic mass is 10.1. The average Bonchev–Trinajstić information content (AvgIpc) is 3.08. The molecule has 1 heterocycles. The summed E-state index contributed by atoms with van der Waals surface area (Å²) in [7, 11) is 0. The molecule has 0 aliphatic heterocycles. The minimum Gasteiger partial charge on any atom is -0.398 e. The van der Waals surface area contributed by atoms with Crippen LogP contribution in [0.25, 0.3) is 10.8 Å². The van der Waals surface area contributed by atoms with Gasteiger partial charge in [-0.05, 0) is 37.5 Å². The number of rotatable bonds is 2. The number of hydrogen-bond donors (Lipinski definition) is 2. The van der Waals surface area contributed by atoms with E-state index in [0.717, 1.165) is 22.3 Å². The van der Waals surface area contributed by atoms with Crippen molar-refractivity contribution in [2.24, 2.45) is 0 Å². The van der Waals surface area contributed by atoms with Gasteiger partial charge < -0.3 is 11.1 Å². The maximum Gasteiger partial charge on any atom is 0.134 e. The number of anilines is 2. The van der Waals surface area contributed by atoms with E-state index in [4.69, 9.17) is 5.73 Å². The molecule has 82 valence electrons. The number of nitrogens with zero attached hydrogens (tertiary/aromatic N) is 1. The predicted octanol–water partition coefficient (Wildman–Crippen LogP) is 2.70. The molecular formula is C13H15N3. The number of nitrogens with one attached hydrogen (secondary N) is 1. The summed E-state index contributed by atoms with van der Waals surface area (Å²) in [4.78, 5) is 4.42. The molecule has 3 nitrogen and oxygen atoms in total. The van der Waals surface area contributed by atoms with E-state index in [2.05, 4.69) is 23.3 Å². The topological polar surface area (TPSA) is 50.9 Å². The molecule has 3 rings (SSSR count). The highest BCUT2D eigenvalue weighted by molar-refractivity contribution is 6.01. The van der Waals surface area contributed by atoms with Gasteiger partial charge in [-0.3, -0.25) is 0 Å². The van der Waals surface area contributed by atoms with Crippen molar-refractivity contribution in [3.05, 3.63) is 30.0 Å². The zero-order valence-electron chi connectivity index (χ0n) is 9.33. The third kappa shape index (κ3) is 1.48. The average molecular weight is 213 g/mol. The van der Waals surface area contributed by atoms with E-state index in [1.54, 1.807) is 0 Å². The highest BCUT2D eigenvalue weighted by atomic mass is 15.0. The lowest BCUT2D eigenvalue weighted by Gasteiger charge is -2.11. The Balaban J connectivity index is 2.23. The van der Waals surface area contributed by atoms with Crippen molar-refractivity contribution in [3.63, 3.8) is 0 Å². The first kappa shape index (κ1) is 9.46. The Hall–Kier alpha value is -1.77. The summed E-state index contributed by atoms with van der Waals surface area (Å²) < 4.78 is 0. The molecule has 0 bridgehead atoms. The number of hydrogen-bond acceptors (Lipinski definition) is 3. The summed E-state index contributed by atoms with van der Waals surface area (Å²) in [5.41, 5.74) is 8.03. The second-order valence-corrected chi connectivity index (χ2v) is 4.47. The van der Waals surface area contributed by atoms with Gasteiger partial charge in [-0.2, -0.15) is 0 Å². The van der Waals surface area contributed by atoms with Gasteiger partial charge in [0.05, 0.1) is 0 Å². The van der Waals surface area contributed by atoms with Crippen LogP contribution in [0.15, 0.2) is 24.4 Å². The molecule has 0 spiro atoms. The standard InChI is InChI=1S/C13H15N3/c1-8-2-5-11(14)10-6-7-15-13(12(8)10)16-9-3-4-9/h2,5-7,9H,3-4,14H2,1H3,(H,15,16). The van der Waals surface area contributed by atoms with Crippen LogP contribution in [0.5, 0.6) is 0 Å². The molecule has 16 heavy (non-hydrogen) atoms. The fraction of sp³-hybridized carbons (Fsp3) is 0.308. The molecule has 1 saturated carbocycles. The molecule has 0 unspecified atom stereocenters. The van der Waals surface area contributed by atoms with Gasteiger partial charge in [-0.15, -0.1) is 0 Å². The Labute approximate surface area is 94.7 Å². The second kappa shape index (κ2) is 3.37. The Bertz CT molecular complexity index is 544. The summed E-state index contributed by atoms with van der Waals surface area (Å²) >= 11 is 0. The number of nitrogen functional groups attached to an aromatic ring is 1. The van der Waals surface area contributed by atoms with Crippen LogP contribution >= 0.6 is 0 Å². The lowest BCUT2D eigenvalue weighted by Crippen LogP contribution is -2.04. The third-order valence-corrected chi connectivity index (χ3v) is 3.09. The maximum atomic E-state index is 5.98. The molecule has 0 amide bonds. The van der Waals surface area contributed by atoms with E-state index in [1.807, 2.05) is 18.3 Å². The van der Waals surface area contributed by atoms with Crippen LogP contribution in [-0.2, 0) is 0 Å². The SMILES string of the molecule is Cc1ccc(N)c2ccnc(NC3CC3)c12. The number of pyridine rings is 1. The van der Waals surface area contributed by atoms with E-state index in [1.165, 1.54) is 18.4 Å². The van der Waals surface area contributed by atoms with Crippen molar-refractivity contribution in [2.45, 2.75) is 25.8 Å². The Morgan fingerprint density at radius 1 is 1.31 bits per heavy atom. The minimum absolute atomic E-state index is 0.610. The molecule has 3 heteroatoms.